The maximum absolute atomic E-state index is 13.8. The Bertz CT molecular complexity index is 2260. The minimum atomic E-state index is -4.76. The summed E-state index contributed by atoms with van der Waals surface area (Å²) >= 11 is 5.75. The van der Waals surface area contributed by atoms with Crippen LogP contribution in [0.25, 0.3) is 10.9 Å². The van der Waals surface area contributed by atoms with Crippen LogP contribution in [0.4, 0.5) is 35.2 Å². The van der Waals surface area contributed by atoms with Crippen molar-refractivity contribution in [3.63, 3.8) is 0 Å². The number of para-hydroxylation sites is 1. The van der Waals surface area contributed by atoms with Gasteiger partial charge in [0.15, 0.2) is 10.9 Å². The molecule has 1 aromatic heterocycles. The normalized spacial score (nSPS) is 24.1. The zero-order chi connectivity index (χ0) is 44.0. The highest BCUT2D eigenvalue weighted by Crippen LogP contribution is 2.41. The van der Waals surface area contributed by atoms with E-state index in [2.05, 4.69) is 39.4 Å². The number of fused-ring (bicyclic) bond motifs is 1. The number of ether oxygens (including phenoxy) is 1. The molecule has 3 aliphatic heterocycles. The van der Waals surface area contributed by atoms with E-state index in [4.69, 9.17) is 17.0 Å². The van der Waals surface area contributed by atoms with Gasteiger partial charge in [0.1, 0.15) is 5.54 Å². The minimum absolute atomic E-state index is 0.0113. The second-order valence-corrected chi connectivity index (χ2v) is 17.3. The first kappa shape index (κ1) is 43.9. The third-order valence-electron chi connectivity index (χ3n) is 12.3. The number of piperazine rings is 1. The van der Waals surface area contributed by atoms with Gasteiger partial charge in [0.2, 0.25) is 11.8 Å². The first-order valence-corrected chi connectivity index (χ1v) is 21.1. The molecule has 2 atom stereocenters. The van der Waals surface area contributed by atoms with Crippen LogP contribution >= 0.6 is 12.2 Å². The highest BCUT2D eigenvalue weighted by molar-refractivity contribution is 7.80. The predicted octanol–water partition coefficient (Wildman–Crippen LogP) is 5.37. The Morgan fingerprint density at radius 2 is 1.79 bits per heavy atom. The maximum Gasteiger partial charge on any atom is 0.417 e. The van der Waals surface area contributed by atoms with Crippen molar-refractivity contribution in [2.75, 3.05) is 54.4 Å². The minimum Gasteiger partial charge on any atom is -0.378 e. The van der Waals surface area contributed by atoms with E-state index in [1.165, 1.54) is 11.0 Å². The van der Waals surface area contributed by atoms with Crippen LogP contribution in [0, 0.1) is 11.3 Å². The molecule has 0 bridgehead atoms. The lowest BCUT2D eigenvalue weighted by atomic mass is 9.89. The van der Waals surface area contributed by atoms with E-state index in [9.17, 15) is 37.6 Å². The Morgan fingerprint density at radius 3 is 2.44 bits per heavy atom. The monoisotopic (exact) mass is 864 g/mol. The van der Waals surface area contributed by atoms with Crippen LogP contribution in [-0.4, -0.2) is 122 Å². The van der Waals surface area contributed by atoms with Gasteiger partial charge in [-0.2, -0.15) is 23.5 Å². The lowest BCUT2D eigenvalue weighted by Crippen LogP contribution is -2.58. The van der Waals surface area contributed by atoms with Crippen molar-refractivity contribution in [3.8, 4) is 6.07 Å². The first-order valence-electron chi connectivity index (χ1n) is 20.6. The molecule has 15 nitrogen and oxygen atoms in total. The summed E-state index contributed by atoms with van der Waals surface area (Å²) in [6.45, 7) is 11.2. The number of carbonyl (C=O) groups excluding carboxylic acids is 4. The SMILES string of the molecule is C[C@@H]1CN(CCCO[C@H]2CC[C@H](N3C(=S)N(c4ccc(C#N)c(C(F)(F)F)c4)C(=O)C3(C)C)CC2)C[C@H](C)N1CC(=O)Nc1cccc2c(N3CCC(=O)NC3=O)nn(C)c12. The van der Waals surface area contributed by atoms with Crippen molar-refractivity contribution in [3.05, 3.63) is 47.5 Å². The number of anilines is 3. The number of aryl methyl sites for hydroxylation is 1. The van der Waals surface area contributed by atoms with Crippen LogP contribution in [0.1, 0.15) is 77.3 Å². The third kappa shape index (κ3) is 8.81. The van der Waals surface area contributed by atoms with Gasteiger partial charge in [-0.15, -0.1) is 0 Å². The number of halogens is 3. The zero-order valence-corrected chi connectivity index (χ0v) is 35.7. The number of rotatable bonds is 11. The van der Waals surface area contributed by atoms with Gasteiger partial charge < -0.3 is 19.9 Å². The highest BCUT2D eigenvalue weighted by Gasteiger charge is 2.52. The molecule has 5 amide bonds. The van der Waals surface area contributed by atoms with E-state index in [0.717, 1.165) is 55.9 Å². The number of alkyl halides is 3. The standard InChI is InChI=1S/C42H51F3N10O5S/c1-25-22-51(23-26(2)53(25)24-35(57)47-33-9-6-8-31-36(33)50(5)49-37(31)52-18-16-34(56)48-39(52)59)17-7-19-60-30-14-12-28(13-15-30)55-40(61)54(38(58)41(55,3)4)29-11-10-27(21-46)32(20-29)42(43,44)45/h6,8-11,20,25-26,28,30H,7,12-19,22-24H2,1-5H3,(H,47,57)(H,48,56,59)/t25-,26+,28-,30-. The van der Waals surface area contributed by atoms with E-state index in [0.29, 0.717) is 41.9 Å². The Morgan fingerprint density at radius 1 is 1.08 bits per heavy atom. The molecule has 4 aliphatic rings. The smallest absolute Gasteiger partial charge is 0.378 e. The Kier molecular flexibility index (Phi) is 12.5. The van der Waals surface area contributed by atoms with Gasteiger partial charge in [-0.1, -0.05) is 6.07 Å². The van der Waals surface area contributed by atoms with Gasteiger partial charge >= 0.3 is 12.2 Å². The first-order chi connectivity index (χ1) is 28.9. The zero-order valence-electron chi connectivity index (χ0n) is 34.9. The maximum atomic E-state index is 13.8. The molecule has 3 aromatic rings. The summed E-state index contributed by atoms with van der Waals surface area (Å²) in [7, 11) is 1.75. The summed E-state index contributed by atoms with van der Waals surface area (Å²) in [5.41, 5.74) is -1.45. The number of benzene rings is 2. The molecule has 0 spiro atoms. The summed E-state index contributed by atoms with van der Waals surface area (Å²) in [5, 5.41) is 20.0. The molecular weight excluding hydrogens is 814 g/mol. The van der Waals surface area contributed by atoms with Gasteiger partial charge in [-0.05, 0) is 102 Å². The molecule has 19 heteroatoms. The Balaban J connectivity index is 0.861. The summed E-state index contributed by atoms with van der Waals surface area (Å²) in [5.74, 6) is -0.473. The van der Waals surface area contributed by atoms with Crippen molar-refractivity contribution in [1.82, 2.24) is 29.8 Å². The number of aromatic nitrogens is 2. The number of hydrogen-bond donors (Lipinski definition) is 2. The van der Waals surface area contributed by atoms with Crippen LogP contribution in [0.3, 0.4) is 0 Å². The van der Waals surface area contributed by atoms with E-state index in [1.54, 1.807) is 37.7 Å². The molecule has 0 radical (unpaired) electrons. The Hall–Kier alpha value is -5.16. The molecule has 3 saturated heterocycles. The van der Waals surface area contributed by atoms with Gasteiger partial charge in [0.05, 0.1) is 46.7 Å². The molecule has 4 fully saturated rings. The van der Waals surface area contributed by atoms with Crippen molar-refractivity contribution >= 4 is 69.2 Å². The fraction of sp³-hybridized carbons (Fsp3) is 0.548. The summed E-state index contributed by atoms with van der Waals surface area (Å²) in [6, 6.07) is 9.90. The van der Waals surface area contributed by atoms with Gasteiger partial charge in [-0.3, -0.25) is 39.1 Å². The fourth-order valence-electron chi connectivity index (χ4n) is 9.36. The van der Waals surface area contributed by atoms with Crippen LogP contribution in [-0.2, 0) is 32.3 Å². The number of nitrogens with one attached hydrogen (secondary N) is 2. The number of imide groups is 1. The number of hydrogen-bond acceptors (Lipinski definition) is 10. The molecule has 326 valence electrons. The van der Waals surface area contributed by atoms with Crippen LogP contribution < -0.4 is 20.4 Å². The number of urea groups is 1. The predicted molar refractivity (Wildman–Crippen MR) is 226 cm³/mol. The number of nitrogens with zero attached hydrogens (tertiary/aromatic N) is 8. The molecule has 4 heterocycles. The van der Waals surface area contributed by atoms with E-state index in [1.807, 2.05) is 17.0 Å². The average molecular weight is 865 g/mol. The van der Waals surface area contributed by atoms with Gasteiger partial charge in [-0.25, -0.2) is 4.79 Å². The third-order valence-corrected chi connectivity index (χ3v) is 12.7. The van der Waals surface area contributed by atoms with Gasteiger partial charge in [0, 0.05) is 69.8 Å². The van der Waals surface area contributed by atoms with Crippen LogP contribution in [0.15, 0.2) is 36.4 Å². The molecular formula is C42H51F3N10O5S. The largest absolute Gasteiger partial charge is 0.417 e. The lowest BCUT2D eigenvalue weighted by molar-refractivity contribution is -0.137. The summed E-state index contributed by atoms with van der Waals surface area (Å²) in [6.07, 6.45) is -0.780. The molecule has 0 unspecified atom stereocenters. The quantitative estimate of drug-likeness (QED) is 0.189. The van der Waals surface area contributed by atoms with Crippen molar-refractivity contribution in [1.29, 1.82) is 5.26 Å². The number of nitriles is 1. The van der Waals surface area contributed by atoms with E-state index >= 15 is 0 Å². The van der Waals surface area contributed by atoms with Crippen molar-refractivity contribution < 1.29 is 37.1 Å². The van der Waals surface area contributed by atoms with Crippen molar-refractivity contribution in [2.24, 2.45) is 7.05 Å². The fourth-order valence-corrected chi connectivity index (χ4v) is 9.93. The number of thiocarbonyl (C=S) groups is 1. The van der Waals surface area contributed by atoms with Crippen LogP contribution in [0.2, 0.25) is 0 Å². The topological polar surface area (TPSA) is 159 Å². The van der Waals surface area contributed by atoms with Gasteiger partial charge in [0.25, 0.3) is 5.91 Å². The molecule has 61 heavy (non-hydrogen) atoms. The molecule has 1 saturated carbocycles. The van der Waals surface area contributed by atoms with E-state index < -0.39 is 34.8 Å². The second kappa shape index (κ2) is 17.3. The number of carbonyl (C=O) groups is 4. The highest BCUT2D eigenvalue weighted by atomic mass is 32.1. The second-order valence-electron chi connectivity index (χ2n) is 16.9. The summed E-state index contributed by atoms with van der Waals surface area (Å²) < 4.78 is 49.2. The molecule has 7 rings (SSSR count). The lowest BCUT2D eigenvalue weighted by Gasteiger charge is -2.44. The molecule has 2 aromatic carbocycles. The molecule has 2 N–H and O–H groups in total. The summed E-state index contributed by atoms with van der Waals surface area (Å²) in [4.78, 5) is 60.4. The van der Waals surface area contributed by atoms with E-state index in [-0.39, 0.29) is 66.4 Å². The average Bonchev–Trinajstić information content (AvgIpc) is 3.62. The Labute approximate surface area is 357 Å². The van der Waals surface area contributed by atoms with Crippen LogP contribution in [0.5, 0.6) is 0 Å². The van der Waals surface area contributed by atoms with Crippen molar-refractivity contribution in [2.45, 2.75) is 102 Å². The number of amides is 5. The molecule has 1 aliphatic carbocycles.